The number of aryl methyl sites for hydroxylation is 2. The highest BCUT2D eigenvalue weighted by Crippen LogP contribution is 2.36. The first-order chi connectivity index (χ1) is 16.4. The summed E-state index contributed by atoms with van der Waals surface area (Å²) in [5.41, 5.74) is 4.68. The highest BCUT2D eigenvalue weighted by atomic mass is 19.1. The molecule has 2 aromatic carbocycles. The average molecular weight is 456 g/mol. The van der Waals surface area contributed by atoms with Gasteiger partial charge < -0.3 is 9.88 Å². The highest BCUT2D eigenvalue weighted by Gasteiger charge is 2.23. The molecule has 4 aromatic heterocycles. The van der Waals surface area contributed by atoms with Crippen LogP contribution >= 0.6 is 0 Å². The van der Waals surface area contributed by atoms with Gasteiger partial charge in [-0.25, -0.2) is 24.1 Å². The van der Waals surface area contributed by atoms with Gasteiger partial charge in [-0.2, -0.15) is 0 Å². The number of imidazole rings is 2. The summed E-state index contributed by atoms with van der Waals surface area (Å²) in [6, 6.07) is 10.7. The summed E-state index contributed by atoms with van der Waals surface area (Å²) in [6.45, 7) is 0. The number of anilines is 1. The Balaban J connectivity index is 1.75. The van der Waals surface area contributed by atoms with E-state index in [1.807, 2.05) is 47.8 Å². The van der Waals surface area contributed by atoms with E-state index in [0.29, 0.717) is 39.3 Å². The molecule has 0 bridgehead atoms. The molecule has 9 nitrogen and oxygen atoms in total. The molecule has 1 N–H and O–H groups in total. The first kappa shape index (κ1) is 20.2. The molecule has 6 aromatic rings. The number of rotatable bonds is 3. The lowest BCUT2D eigenvalue weighted by molar-refractivity contribution is 0.640. The number of benzene rings is 2. The van der Waals surface area contributed by atoms with Crippen molar-refractivity contribution in [3.8, 4) is 17.1 Å². The summed E-state index contributed by atoms with van der Waals surface area (Å²) in [5.74, 6) is 0.834. The quantitative estimate of drug-likeness (QED) is 0.441. The van der Waals surface area contributed by atoms with Crippen molar-refractivity contribution in [1.29, 1.82) is 0 Å². The average Bonchev–Trinajstić information content (AvgIpc) is 3.49. The van der Waals surface area contributed by atoms with E-state index in [1.54, 1.807) is 35.5 Å². The van der Waals surface area contributed by atoms with Crippen LogP contribution in [-0.2, 0) is 14.1 Å². The molecule has 0 spiro atoms. The van der Waals surface area contributed by atoms with E-state index in [4.69, 9.17) is 4.98 Å². The van der Waals surface area contributed by atoms with Gasteiger partial charge in [-0.3, -0.25) is 13.7 Å². The maximum Gasteiger partial charge on any atom is 0.328 e. The summed E-state index contributed by atoms with van der Waals surface area (Å²) < 4.78 is 20.0. The van der Waals surface area contributed by atoms with E-state index in [2.05, 4.69) is 15.0 Å². The molecule has 0 amide bonds. The van der Waals surface area contributed by atoms with Gasteiger partial charge in [-0.1, -0.05) is 6.07 Å². The van der Waals surface area contributed by atoms with E-state index < -0.39 is 0 Å². The minimum atomic E-state index is -0.341. The van der Waals surface area contributed by atoms with Crippen LogP contribution in [0, 0.1) is 5.82 Å². The number of nitrogens with zero attached hydrogens (tertiary/aromatic N) is 7. The fraction of sp³-hybridized carbons (Fsp3) is 0.167. The van der Waals surface area contributed by atoms with Crippen LogP contribution in [0.5, 0.6) is 0 Å². The molecule has 0 fully saturated rings. The Morgan fingerprint density at radius 2 is 1.82 bits per heavy atom. The third kappa shape index (κ3) is 2.65. The molecule has 0 aliphatic rings. The fourth-order valence-electron chi connectivity index (χ4n) is 4.58. The van der Waals surface area contributed by atoms with Crippen LogP contribution < -0.4 is 10.6 Å². The van der Waals surface area contributed by atoms with Crippen molar-refractivity contribution >= 4 is 38.9 Å². The molecular formula is C24H21FN8O. The van der Waals surface area contributed by atoms with Crippen molar-refractivity contribution < 1.29 is 4.39 Å². The number of aromatic amines is 1. The second kappa shape index (κ2) is 7.01. The second-order valence-corrected chi connectivity index (χ2v) is 8.47. The number of hydrogen-bond donors (Lipinski definition) is 1. The largest absolute Gasteiger partial charge is 0.361 e. The molecule has 0 saturated carbocycles. The smallest absolute Gasteiger partial charge is 0.328 e. The molecule has 4 heterocycles. The Morgan fingerprint density at radius 1 is 1.03 bits per heavy atom. The Bertz CT molecular complexity index is 1800. The van der Waals surface area contributed by atoms with Crippen molar-refractivity contribution in [2.45, 2.75) is 0 Å². The lowest BCUT2D eigenvalue weighted by Gasteiger charge is -2.11. The molecule has 0 radical (unpaired) electrons. The monoisotopic (exact) mass is 456 g/mol. The van der Waals surface area contributed by atoms with Crippen LogP contribution in [0.2, 0.25) is 0 Å². The summed E-state index contributed by atoms with van der Waals surface area (Å²) in [7, 11) is 7.26. The molecular weight excluding hydrogens is 435 g/mol. The Hall–Kier alpha value is -4.47. The van der Waals surface area contributed by atoms with E-state index in [0.717, 1.165) is 16.7 Å². The number of nitrogens with one attached hydrogen (secondary N) is 1. The van der Waals surface area contributed by atoms with Gasteiger partial charge in [0.15, 0.2) is 17.0 Å². The van der Waals surface area contributed by atoms with Crippen molar-refractivity contribution in [2.24, 2.45) is 14.1 Å². The topological polar surface area (TPSA) is 89.6 Å². The molecule has 0 atom stereocenters. The van der Waals surface area contributed by atoms with Gasteiger partial charge in [0.25, 0.3) is 0 Å². The zero-order valence-electron chi connectivity index (χ0n) is 19.0. The Kier molecular flexibility index (Phi) is 4.16. The molecule has 170 valence electrons. The number of H-pyrrole nitrogens is 1. The Labute approximate surface area is 192 Å². The second-order valence-electron chi connectivity index (χ2n) is 8.47. The first-order valence-corrected chi connectivity index (χ1v) is 10.7. The predicted molar refractivity (Wildman–Crippen MR) is 130 cm³/mol. The van der Waals surface area contributed by atoms with Crippen molar-refractivity contribution in [1.82, 2.24) is 33.6 Å². The third-order valence-corrected chi connectivity index (χ3v) is 6.26. The summed E-state index contributed by atoms with van der Waals surface area (Å²) >= 11 is 0. The minimum absolute atomic E-state index is 0.112. The van der Waals surface area contributed by atoms with Crippen molar-refractivity contribution in [2.75, 3.05) is 19.0 Å². The van der Waals surface area contributed by atoms with Gasteiger partial charge in [0.05, 0.1) is 16.7 Å². The molecule has 0 aliphatic heterocycles. The first-order valence-electron chi connectivity index (χ1n) is 10.7. The van der Waals surface area contributed by atoms with Gasteiger partial charge in [0, 0.05) is 50.9 Å². The number of halogens is 1. The normalized spacial score (nSPS) is 11.8. The van der Waals surface area contributed by atoms with Crippen LogP contribution in [0.25, 0.3) is 50.2 Å². The van der Waals surface area contributed by atoms with Gasteiger partial charge in [-0.15, -0.1) is 0 Å². The molecule has 6 rings (SSSR count). The van der Waals surface area contributed by atoms with Crippen LogP contribution in [0.1, 0.15) is 0 Å². The van der Waals surface area contributed by atoms with Gasteiger partial charge in [-0.05, 0) is 30.3 Å². The van der Waals surface area contributed by atoms with Crippen molar-refractivity contribution in [3.63, 3.8) is 0 Å². The molecule has 0 unspecified atom stereocenters. The summed E-state index contributed by atoms with van der Waals surface area (Å²) in [4.78, 5) is 31.4. The molecule has 34 heavy (non-hydrogen) atoms. The predicted octanol–water partition coefficient (Wildman–Crippen LogP) is 3.36. The van der Waals surface area contributed by atoms with Crippen LogP contribution in [0.4, 0.5) is 10.2 Å². The number of aromatic nitrogens is 7. The third-order valence-electron chi connectivity index (χ3n) is 6.26. The van der Waals surface area contributed by atoms with Gasteiger partial charge in [0.1, 0.15) is 18.0 Å². The maximum atomic E-state index is 14.9. The van der Waals surface area contributed by atoms with E-state index in [-0.39, 0.29) is 11.5 Å². The lowest BCUT2D eigenvalue weighted by Crippen LogP contribution is -2.19. The maximum absolute atomic E-state index is 14.9. The molecule has 10 heteroatoms. The van der Waals surface area contributed by atoms with E-state index in [9.17, 15) is 9.18 Å². The summed E-state index contributed by atoms with van der Waals surface area (Å²) in [5, 5.41) is 0.451. The van der Waals surface area contributed by atoms with E-state index in [1.165, 1.54) is 12.4 Å². The number of hydrogen-bond acceptors (Lipinski definition) is 5. The Morgan fingerprint density at radius 3 is 2.62 bits per heavy atom. The van der Waals surface area contributed by atoms with Crippen LogP contribution in [0.15, 0.2) is 53.7 Å². The SMILES string of the molecule is CN(C)c1ncnc2c1nc(-c1c[nH]c3cccc(F)c13)n2-c1ccc2c(c1)n(C)c(=O)n2C. The fourth-order valence-corrected chi connectivity index (χ4v) is 4.58. The zero-order chi connectivity index (χ0) is 23.7. The lowest BCUT2D eigenvalue weighted by atomic mass is 10.1. The standard InChI is InChI=1S/C24H21FN8O/c1-30(2)22-20-23(28-12-27-22)33(13-8-9-17-18(10-13)32(4)24(34)31(17)3)21(29-20)14-11-26-16-7-5-6-15(25)19(14)16/h5-12,26H,1-4H3. The van der Waals surface area contributed by atoms with Gasteiger partial charge in [0.2, 0.25) is 0 Å². The van der Waals surface area contributed by atoms with Gasteiger partial charge >= 0.3 is 5.69 Å². The minimum Gasteiger partial charge on any atom is -0.361 e. The van der Waals surface area contributed by atoms with Crippen LogP contribution in [0.3, 0.4) is 0 Å². The van der Waals surface area contributed by atoms with E-state index >= 15 is 0 Å². The highest BCUT2D eigenvalue weighted by molar-refractivity contribution is 5.98. The summed E-state index contributed by atoms with van der Waals surface area (Å²) in [6.07, 6.45) is 3.25. The zero-order valence-corrected chi connectivity index (χ0v) is 19.0. The van der Waals surface area contributed by atoms with Crippen molar-refractivity contribution in [3.05, 3.63) is 65.2 Å². The molecule has 0 aliphatic carbocycles. The van der Waals surface area contributed by atoms with Crippen LogP contribution in [-0.4, -0.2) is 47.7 Å². The molecule has 0 saturated heterocycles. The number of fused-ring (bicyclic) bond motifs is 3.